The number of nitrogens with zero attached hydrogens (tertiary/aromatic N) is 1. The van der Waals surface area contributed by atoms with E-state index >= 15 is 0 Å². The van der Waals surface area contributed by atoms with Gasteiger partial charge in [-0.05, 0) is 26.8 Å². The van der Waals surface area contributed by atoms with Gasteiger partial charge in [0.05, 0.1) is 13.2 Å². The summed E-state index contributed by atoms with van der Waals surface area (Å²) in [5.74, 6) is 0. The van der Waals surface area contributed by atoms with E-state index in [2.05, 4.69) is 5.32 Å². The summed E-state index contributed by atoms with van der Waals surface area (Å²) < 4.78 is 5.19. The lowest BCUT2D eigenvalue weighted by molar-refractivity contribution is 0.0513. The van der Waals surface area contributed by atoms with Crippen molar-refractivity contribution in [1.29, 1.82) is 0 Å². The Kier molecular flexibility index (Phi) is 4.35. The second kappa shape index (κ2) is 5.32. The maximum atomic E-state index is 11.8. The number of urea groups is 1. The molecular formula is C10H21N3O2. The minimum atomic E-state index is -0.232. The zero-order valence-corrected chi connectivity index (χ0v) is 9.58. The van der Waals surface area contributed by atoms with Gasteiger partial charge in [0.15, 0.2) is 0 Å². The van der Waals surface area contributed by atoms with Crippen molar-refractivity contribution in [2.75, 3.05) is 32.8 Å². The van der Waals surface area contributed by atoms with Crippen molar-refractivity contribution >= 4 is 6.03 Å². The van der Waals surface area contributed by atoms with Crippen LogP contribution >= 0.6 is 0 Å². The molecular weight excluding hydrogens is 194 g/mol. The van der Waals surface area contributed by atoms with E-state index in [4.69, 9.17) is 10.5 Å². The highest BCUT2D eigenvalue weighted by Crippen LogP contribution is 2.08. The summed E-state index contributed by atoms with van der Waals surface area (Å²) in [4.78, 5) is 13.6. The molecule has 1 rings (SSSR count). The van der Waals surface area contributed by atoms with Gasteiger partial charge in [-0.25, -0.2) is 4.79 Å². The molecule has 5 heteroatoms. The van der Waals surface area contributed by atoms with Gasteiger partial charge in [0.25, 0.3) is 0 Å². The van der Waals surface area contributed by atoms with Gasteiger partial charge in [-0.2, -0.15) is 0 Å². The molecule has 1 aliphatic heterocycles. The highest BCUT2D eigenvalue weighted by molar-refractivity contribution is 5.75. The van der Waals surface area contributed by atoms with Crippen LogP contribution < -0.4 is 11.1 Å². The maximum Gasteiger partial charge on any atom is 0.317 e. The molecule has 0 aromatic rings. The van der Waals surface area contributed by atoms with Gasteiger partial charge in [-0.1, -0.05) is 0 Å². The molecule has 15 heavy (non-hydrogen) atoms. The average molecular weight is 215 g/mol. The van der Waals surface area contributed by atoms with Gasteiger partial charge >= 0.3 is 6.03 Å². The smallest absolute Gasteiger partial charge is 0.317 e. The fourth-order valence-electron chi connectivity index (χ4n) is 1.56. The Morgan fingerprint density at radius 2 is 2.07 bits per heavy atom. The average Bonchev–Trinajstić information content (AvgIpc) is 2.18. The van der Waals surface area contributed by atoms with Crippen LogP contribution in [0.3, 0.4) is 0 Å². The molecule has 0 unspecified atom stereocenters. The van der Waals surface area contributed by atoms with Gasteiger partial charge in [0.2, 0.25) is 0 Å². The number of morpholine rings is 1. The Bertz CT molecular complexity index is 213. The van der Waals surface area contributed by atoms with Crippen molar-refractivity contribution < 1.29 is 9.53 Å². The molecule has 2 amide bonds. The van der Waals surface area contributed by atoms with Gasteiger partial charge in [-0.15, -0.1) is 0 Å². The summed E-state index contributed by atoms with van der Waals surface area (Å²) >= 11 is 0. The number of rotatable bonds is 3. The SMILES string of the molecule is CC(C)(CCN)NC(=O)N1CCOCC1. The first kappa shape index (κ1) is 12.3. The molecule has 0 saturated carbocycles. The molecule has 1 aliphatic rings. The van der Waals surface area contributed by atoms with Gasteiger partial charge in [0.1, 0.15) is 0 Å². The number of carbonyl (C=O) groups excluding carboxylic acids is 1. The van der Waals surface area contributed by atoms with E-state index < -0.39 is 0 Å². The van der Waals surface area contributed by atoms with Crippen LogP contribution in [-0.2, 0) is 4.74 Å². The first-order chi connectivity index (χ1) is 7.05. The van der Waals surface area contributed by atoms with Crippen LogP contribution in [0.25, 0.3) is 0 Å². The fourth-order valence-corrected chi connectivity index (χ4v) is 1.56. The fraction of sp³-hybridized carbons (Fsp3) is 0.900. The van der Waals surface area contributed by atoms with Crippen molar-refractivity contribution in [1.82, 2.24) is 10.2 Å². The van der Waals surface area contributed by atoms with Crippen molar-refractivity contribution in [2.24, 2.45) is 5.73 Å². The zero-order chi connectivity index (χ0) is 11.3. The maximum absolute atomic E-state index is 11.8. The van der Waals surface area contributed by atoms with E-state index in [9.17, 15) is 4.79 Å². The number of amides is 2. The molecule has 0 bridgehead atoms. The summed E-state index contributed by atoms with van der Waals surface area (Å²) in [7, 11) is 0. The minimum absolute atomic E-state index is 0.0169. The van der Waals surface area contributed by atoms with Crippen molar-refractivity contribution in [3.8, 4) is 0 Å². The molecule has 3 N–H and O–H groups in total. The summed E-state index contributed by atoms with van der Waals surface area (Å²) in [6.07, 6.45) is 0.781. The first-order valence-electron chi connectivity index (χ1n) is 5.40. The van der Waals surface area contributed by atoms with Crippen LogP contribution in [0.15, 0.2) is 0 Å². The first-order valence-corrected chi connectivity index (χ1v) is 5.40. The van der Waals surface area contributed by atoms with E-state index in [0.717, 1.165) is 6.42 Å². The predicted octanol–water partition coefficient (Wildman–Crippen LogP) is 0.156. The Hall–Kier alpha value is -0.810. The zero-order valence-electron chi connectivity index (χ0n) is 9.58. The third-order valence-corrected chi connectivity index (χ3v) is 2.51. The lowest BCUT2D eigenvalue weighted by Crippen LogP contribution is -2.53. The van der Waals surface area contributed by atoms with Crippen molar-refractivity contribution in [3.05, 3.63) is 0 Å². The lowest BCUT2D eigenvalue weighted by atomic mass is 10.0. The molecule has 0 aromatic heterocycles. The third kappa shape index (κ3) is 4.05. The molecule has 0 spiro atoms. The lowest BCUT2D eigenvalue weighted by Gasteiger charge is -2.32. The molecule has 88 valence electrons. The summed E-state index contributed by atoms with van der Waals surface area (Å²) in [6, 6.07) is -0.0169. The number of ether oxygens (including phenoxy) is 1. The monoisotopic (exact) mass is 215 g/mol. The van der Waals surface area contributed by atoms with Crippen molar-refractivity contribution in [2.45, 2.75) is 25.8 Å². The standard InChI is InChI=1S/C10H21N3O2/c1-10(2,3-4-11)12-9(14)13-5-7-15-8-6-13/h3-8,11H2,1-2H3,(H,12,14). The molecule has 1 heterocycles. The highest BCUT2D eigenvalue weighted by atomic mass is 16.5. The summed E-state index contributed by atoms with van der Waals surface area (Å²) in [5.41, 5.74) is 5.25. The Labute approximate surface area is 90.9 Å². The van der Waals surface area contributed by atoms with E-state index in [-0.39, 0.29) is 11.6 Å². The van der Waals surface area contributed by atoms with Gasteiger partial charge in [-0.3, -0.25) is 0 Å². The predicted molar refractivity (Wildman–Crippen MR) is 58.7 cm³/mol. The van der Waals surface area contributed by atoms with Crippen LogP contribution in [0.2, 0.25) is 0 Å². The Morgan fingerprint density at radius 1 is 1.47 bits per heavy atom. The molecule has 0 radical (unpaired) electrons. The molecule has 5 nitrogen and oxygen atoms in total. The second-order valence-corrected chi connectivity index (χ2v) is 4.45. The molecule has 1 saturated heterocycles. The largest absolute Gasteiger partial charge is 0.378 e. The quantitative estimate of drug-likeness (QED) is 0.704. The van der Waals surface area contributed by atoms with E-state index in [1.54, 1.807) is 4.90 Å². The van der Waals surface area contributed by atoms with Crippen LogP contribution in [0.4, 0.5) is 4.79 Å². The number of nitrogens with one attached hydrogen (secondary N) is 1. The van der Waals surface area contributed by atoms with Crippen LogP contribution in [0, 0.1) is 0 Å². The number of hydrogen-bond acceptors (Lipinski definition) is 3. The minimum Gasteiger partial charge on any atom is -0.378 e. The molecule has 0 atom stereocenters. The Balaban J connectivity index is 2.39. The topological polar surface area (TPSA) is 67.6 Å². The van der Waals surface area contributed by atoms with E-state index in [0.29, 0.717) is 32.8 Å². The number of nitrogens with two attached hydrogens (primary N) is 1. The highest BCUT2D eigenvalue weighted by Gasteiger charge is 2.23. The number of hydrogen-bond donors (Lipinski definition) is 2. The summed E-state index contributed by atoms with van der Waals surface area (Å²) in [5, 5.41) is 2.98. The van der Waals surface area contributed by atoms with E-state index in [1.165, 1.54) is 0 Å². The van der Waals surface area contributed by atoms with Gasteiger partial charge in [0, 0.05) is 18.6 Å². The van der Waals surface area contributed by atoms with Crippen LogP contribution in [-0.4, -0.2) is 49.3 Å². The number of carbonyl (C=O) groups is 1. The van der Waals surface area contributed by atoms with Crippen LogP contribution in [0.5, 0.6) is 0 Å². The van der Waals surface area contributed by atoms with Gasteiger partial charge < -0.3 is 20.7 Å². The molecule has 0 aromatic carbocycles. The third-order valence-electron chi connectivity index (χ3n) is 2.51. The van der Waals surface area contributed by atoms with Crippen LogP contribution in [0.1, 0.15) is 20.3 Å². The normalized spacial score (nSPS) is 17.7. The molecule has 1 fully saturated rings. The second-order valence-electron chi connectivity index (χ2n) is 4.45. The Morgan fingerprint density at radius 3 is 2.60 bits per heavy atom. The molecule has 0 aliphatic carbocycles. The van der Waals surface area contributed by atoms with E-state index in [1.807, 2.05) is 13.8 Å². The summed E-state index contributed by atoms with van der Waals surface area (Å²) in [6.45, 7) is 7.15. The van der Waals surface area contributed by atoms with Crippen molar-refractivity contribution in [3.63, 3.8) is 0 Å².